The third-order valence-corrected chi connectivity index (χ3v) is 3.86. The van der Waals surface area contributed by atoms with Gasteiger partial charge in [0.2, 0.25) is 0 Å². The third kappa shape index (κ3) is 2.30. The molecule has 1 aromatic carbocycles. The van der Waals surface area contributed by atoms with Gasteiger partial charge in [0.25, 0.3) is 0 Å². The molecule has 5 nitrogen and oxygen atoms in total. The van der Waals surface area contributed by atoms with Crippen LogP contribution in [-0.4, -0.2) is 23.3 Å². The van der Waals surface area contributed by atoms with Crippen LogP contribution in [0.25, 0.3) is 22.4 Å². The topological polar surface area (TPSA) is 56.5 Å². The standard InChI is InChI=1S/C15H11N5S/c1-2-12(9-16-5-1)15-17-6-7-20(15)10-11-3-4-13-14(8-11)19-21-18-13/h1-9H,10H2. The molecule has 0 unspecified atom stereocenters. The molecular weight excluding hydrogens is 282 g/mol. The molecule has 6 heteroatoms. The predicted molar refractivity (Wildman–Crippen MR) is 82.0 cm³/mol. The van der Waals surface area contributed by atoms with E-state index in [4.69, 9.17) is 0 Å². The molecule has 0 radical (unpaired) electrons. The zero-order chi connectivity index (χ0) is 14.1. The molecule has 0 amide bonds. The van der Waals surface area contributed by atoms with Crippen molar-refractivity contribution in [1.82, 2.24) is 23.3 Å². The normalized spacial score (nSPS) is 11.0. The first kappa shape index (κ1) is 12.2. The maximum atomic E-state index is 4.43. The molecule has 4 aromatic rings. The highest BCUT2D eigenvalue weighted by Crippen LogP contribution is 2.19. The van der Waals surface area contributed by atoms with Crippen molar-refractivity contribution in [1.29, 1.82) is 0 Å². The molecule has 4 rings (SSSR count). The zero-order valence-electron chi connectivity index (χ0n) is 11.0. The van der Waals surface area contributed by atoms with Crippen LogP contribution in [0, 0.1) is 0 Å². The number of hydrogen-bond donors (Lipinski definition) is 0. The van der Waals surface area contributed by atoms with E-state index in [1.807, 2.05) is 36.8 Å². The van der Waals surface area contributed by atoms with Crippen molar-refractivity contribution in [2.24, 2.45) is 0 Å². The Morgan fingerprint density at radius 2 is 2.00 bits per heavy atom. The van der Waals surface area contributed by atoms with Crippen LogP contribution in [0.1, 0.15) is 5.56 Å². The van der Waals surface area contributed by atoms with Crippen molar-refractivity contribution in [2.45, 2.75) is 6.54 Å². The van der Waals surface area contributed by atoms with E-state index >= 15 is 0 Å². The number of aromatic nitrogens is 5. The molecule has 0 aliphatic heterocycles. The third-order valence-electron chi connectivity index (χ3n) is 3.31. The average molecular weight is 293 g/mol. The summed E-state index contributed by atoms with van der Waals surface area (Å²) >= 11 is 1.24. The first-order valence-electron chi connectivity index (χ1n) is 6.53. The molecule has 0 fully saturated rings. The zero-order valence-corrected chi connectivity index (χ0v) is 11.9. The number of imidazole rings is 1. The summed E-state index contributed by atoms with van der Waals surface area (Å²) in [5.74, 6) is 0.916. The molecule has 0 aliphatic carbocycles. The minimum Gasteiger partial charge on any atom is -0.327 e. The lowest BCUT2D eigenvalue weighted by molar-refractivity contribution is 0.807. The fraction of sp³-hybridized carbons (Fsp3) is 0.0667. The summed E-state index contributed by atoms with van der Waals surface area (Å²) in [6.45, 7) is 0.748. The van der Waals surface area contributed by atoms with Crippen LogP contribution in [0.5, 0.6) is 0 Å². The van der Waals surface area contributed by atoms with Crippen LogP contribution < -0.4 is 0 Å². The van der Waals surface area contributed by atoms with E-state index in [0.29, 0.717) is 0 Å². The number of benzene rings is 1. The summed E-state index contributed by atoms with van der Waals surface area (Å²) in [6, 6.07) is 10.1. The van der Waals surface area contributed by atoms with Gasteiger partial charge in [-0.3, -0.25) is 4.98 Å². The molecular formula is C15H11N5S. The highest BCUT2D eigenvalue weighted by atomic mass is 32.1. The molecule has 0 aliphatic rings. The van der Waals surface area contributed by atoms with Gasteiger partial charge in [-0.15, -0.1) is 0 Å². The first-order chi connectivity index (χ1) is 10.4. The Morgan fingerprint density at radius 3 is 2.90 bits per heavy atom. The van der Waals surface area contributed by atoms with Crippen LogP contribution in [0.4, 0.5) is 0 Å². The largest absolute Gasteiger partial charge is 0.327 e. The summed E-state index contributed by atoms with van der Waals surface area (Å²) in [7, 11) is 0. The van der Waals surface area contributed by atoms with Crippen LogP contribution >= 0.6 is 11.7 Å². The van der Waals surface area contributed by atoms with Gasteiger partial charge >= 0.3 is 0 Å². The Labute approximate surface area is 125 Å². The summed E-state index contributed by atoms with van der Waals surface area (Å²) in [5, 5.41) is 0. The number of fused-ring (bicyclic) bond motifs is 1. The van der Waals surface area contributed by atoms with Gasteiger partial charge in [0, 0.05) is 36.9 Å². The lowest BCUT2D eigenvalue weighted by Gasteiger charge is -2.07. The van der Waals surface area contributed by atoms with E-state index in [-0.39, 0.29) is 0 Å². The second-order valence-electron chi connectivity index (χ2n) is 4.71. The highest BCUT2D eigenvalue weighted by Gasteiger charge is 2.07. The molecule has 0 saturated heterocycles. The first-order valence-corrected chi connectivity index (χ1v) is 7.26. The number of nitrogens with zero attached hydrogens (tertiary/aromatic N) is 5. The fourth-order valence-electron chi connectivity index (χ4n) is 2.31. The molecule has 0 N–H and O–H groups in total. The molecule has 0 spiro atoms. The SMILES string of the molecule is c1cncc(-c2nccn2Cc2ccc3nsnc3c2)c1. The van der Waals surface area contributed by atoms with Gasteiger partial charge in [-0.25, -0.2) is 4.98 Å². The lowest BCUT2D eigenvalue weighted by atomic mass is 10.2. The molecule has 3 heterocycles. The molecule has 102 valence electrons. The Hall–Kier alpha value is -2.60. The Bertz CT molecular complexity index is 881. The number of hydrogen-bond acceptors (Lipinski definition) is 5. The summed E-state index contributed by atoms with van der Waals surface area (Å²) in [6.07, 6.45) is 7.38. The Morgan fingerprint density at radius 1 is 1.05 bits per heavy atom. The molecule has 3 aromatic heterocycles. The van der Waals surface area contributed by atoms with Crippen molar-refractivity contribution in [3.8, 4) is 11.4 Å². The number of pyridine rings is 1. The van der Waals surface area contributed by atoms with Gasteiger partial charge in [0.1, 0.15) is 16.9 Å². The smallest absolute Gasteiger partial charge is 0.141 e. The van der Waals surface area contributed by atoms with E-state index in [9.17, 15) is 0 Å². The summed E-state index contributed by atoms with van der Waals surface area (Å²) in [5.41, 5.74) is 4.08. The summed E-state index contributed by atoms with van der Waals surface area (Å²) < 4.78 is 10.6. The van der Waals surface area contributed by atoms with Crippen molar-refractivity contribution in [3.05, 3.63) is 60.7 Å². The van der Waals surface area contributed by atoms with Crippen molar-refractivity contribution in [3.63, 3.8) is 0 Å². The second-order valence-corrected chi connectivity index (χ2v) is 5.24. The van der Waals surface area contributed by atoms with Gasteiger partial charge in [0.05, 0.1) is 11.7 Å². The number of rotatable bonds is 3. The van der Waals surface area contributed by atoms with Crippen molar-refractivity contribution >= 4 is 22.8 Å². The van der Waals surface area contributed by atoms with Gasteiger partial charge in [0.15, 0.2) is 0 Å². The van der Waals surface area contributed by atoms with E-state index in [0.717, 1.165) is 29.0 Å². The van der Waals surface area contributed by atoms with Crippen molar-refractivity contribution < 1.29 is 0 Å². The monoisotopic (exact) mass is 293 g/mol. The average Bonchev–Trinajstić information content (AvgIpc) is 3.16. The second kappa shape index (κ2) is 5.06. The molecule has 0 saturated carbocycles. The molecule has 0 atom stereocenters. The van der Waals surface area contributed by atoms with E-state index in [1.165, 1.54) is 17.3 Å². The van der Waals surface area contributed by atoms with Gasteiger partial charge < -0.3 is 4.57 Å². The predicted octanol–water partition coefficient (Wildman–Crippen LogP) is 3.00. The minimum atomic E-state index is 0.748. The minimum absolute atomic E-state index is 0.748. The van der Waals surface area contributed by atoms with Crippen LogP contribution in [0.2, 0.25) is 0 Å². The van der Waals surface area contributed by atoms with Crippen LogP contribution in [0.15, 0.2) is 55.1 Å². The molecule has 21 heavy (non-hydrogen) atoms. The maximum absolute atomic E-state index is 4.43. The maximum Gasteiger partial charge on any atom is 0.141 e. The lowest BCUT2D eigenvalue weighted by Crippen LogP contribution is -2.01. The van der Waals surface area contributed by atoms with Crippen molar-refractivity contribution in [2.75, 3.05) is 0 Å². The summed E-state index contributed by atoms with van der Waals surface area (Å²) in [4.78, 5) is 8.58. The molecule has 0 bridgehead atoms. The highest BCUT2D eigenvalue weighted by molar-refractivity contribution is 7.00. The van der Waals surface area contributed by atoms with Gasteiger partial charge in [-0.05, 0) is 29.8 Å². The van der Waals surface area contributed by atoms with Crippen LogP contribution in [0.3, 0.4) is 0 Å². The Kier molecular flexibility index (Phi) is 2.93. The van der Waals surface area contributed by atoms with E-state index in [1.54, 1.807) is 6.20 Å². The van der Waals surface area contributed by atoms with Gasteiger partial charge in [-0.2, -0.15) is 8.75 Å². The van der Waals surface area contributed by atoms with Gasteiger partial charge in [-0.1, -0.05) is 6.07 Å². The van der Waals surface area contributed by atoms with E-state index in [2.05, 4.69) is 35.4 Å². The van der Waals surface area contributed by atoms with E-state index < -0.39 is 0 Å². The quantitative estimate of drug-likeness (QED) is 0.582. The van der Waals surface area contributed by atoms with Crippen LogP contribution in [-0.2, 0) is 6.54 Å². The Balaban J connectivity index is 1.70. The fourth-order valence-corrected chi connectivity index (χ4v) is 2.83.